The molecule has 0 radical (unpaired) electrons. The second-order valence-corrected chi connectivity index (χ2v) is 2.60. The zero-order chi connectivity index (χ0) is 7.45. The molecule has 0 spiro atoms. The molecule has 1 aliphatic rings. The van der Waals surface area contributed by atoms with Crippen molar-refractivity contribution in [3.05, 3.63) is 0 Å². The molecule has 1 heterocycles. The van der Waals surface area contributed by atoms with Gasteiger partial charge in [0.1, 0.15) is 0 Å². The van der Waals surface area contributed by atoms with Gasteiger partial charge in [0.2, 0.25) is 0 Å². The van der Waals surface area contributed by atoms with Crippen LogP contribution in [-0.2, 0) is 0 Å². The van der Waals surface area contributed by atoms with E-state index < -0.39 is 0 Å². The van der Waals surface area contributed by atoms with Crippen LogP contribution in [0.4, 0.5) is 0 Å². The smallest absolute Gasteiger partial charge is 0.0971 e. The summed E-state index contributed by atoms with van der Waals surface area (Å²) in [5, 5.41) is 0. The third-order valence-electron chi connectivity index (χ3n) is 1.77. The van der Waals surface area contributed by atoms with Crippen LogP contribution >= 0.6 is 0 Å². The van der Waals surface area contributed by atoms with Gasteiger partial charge in [-0.3, -0.25) is 4.99 Å². The van der Waals surface area contributed by atoms with Crippen molar-refractivity contribution in [2.75, 3.05) is 6.54 Å². The fraction of sp³-hybridized carbons (Fsp3) is 0.625. The summed E-state index contributed by atoms with van der Waals surface area (Å²) < 4.78 is 0. The Morgan fingerprint density at radius 1 is 1.60 bits per heavy atom. The maximum Gasteiger partial charge on any atom is 0.0971 e. The first-order valence-electron chi connectivity index (χ1n) is 3.53. The molecule has 0 bridgehead atoms. The number of nitrogens with two attached hydrogens (primary N) is 1. The Hall–Kier alpha value is -0.810. The molecule has 1 unspecified atom stereocenters. The number of rotatable bonds is 4. The van der Waals surface area contributed by atoms with E-state index in [1.165, 1.54) is 0 Å². The Balaban J connectivity index is 2.19. The van der Waals surface area contributed by atoms with Gasteiger partial charge in [0.05, 0.1) is 5.54 Å². The lowest BCUT2D eigenvalue weighted by Gasteiger charge is -2.08. The molecule has 0 aromatic rings. The molecule has 0 amide bonds. The third-order valence-corrected chi connectivity index (χ3v) is 1.77. The lowest BCUT2D eigenvalue weighted by Crippen LogP contribution is -2.18. The topological polar surface area (TPSA) is 38.4 Å². The molecular weight excluding hydrogens is 124 g/mol. The Morgan fingerprint density at radius 3 is 2.70 bits per heavy atom. The summed E-state index contributed by atoms with van der Waals surface area (Å²) in [5.74, 6) is 2.60. The summed E-state index contributed by atoms with van der Waals surface area (Å²) in [6, 6.07) is 0. The highest BCUT2D eigenvalue weighted by Crippen LogP contribution is 2.29. The predicted octanol–water partition coefficient (Wildman–Crippen LogP) is 0.572. The number of hydrogen-bond donors (Lipinski definition) is 1. The van der Waals surface area contributed by atoms with Crippen LogP contribution < -0.4 is 5.73 Å². The van der Waals surface area contributed by atoms with Crippen molar-refractivity contribution < 1.29 is 0 Å². The molecule has 0 saturated carbocycles. The number of hydrogen-bond acceptors (Lipinski definition) is 2. The largest absolute Gasteiger partial charge is 0.330 e. The fourth-order valence-electron chi connectivity index (χ4n) is 1.01. The third kappa shape index (κ3) is 1.58. The zero-order valence-corrected chi connectivity index (χ0v) is 6.01. The standard InChI is InChI=1S/C8H12N2/c1-2-3-4-8(5-6-9)7-10-8/h1,7H,3-6,9H2. The molecule has 1 atom stereocenters. The van der Waals surface area contributed by atoms with Crippen molar-refractivity contribution in [2.24, 2.45) is 10.7 Å². The van der Waals surface area contributed by atoms with Crippen LogP contribution in [-0.4, -0.2) is 18.3 Å². The highest BCUT2D eigenvalue weighted by molar-refractivity contribution is 5.84. The monoisotopic (exact) mass is 136 g/mol. The second kappa shape index (κ2) is 2.85. The van der Waals surface area contributed by atoms with Crippen molar-refractivity contribution >= 4 is 6.21 Å². The lowest BCUT2D eigenvalue weighted by molar-refractivity contribution is 0.573. The molecule has 0 aromatic carbocycles. The van der Waals surface area contributed by atoms with E-state index in [4.69, 9.17) is 12.2 Å². The summed E-state index contributed by atoms with van der Waals surface area (Å²) in [4.78, 5) is 4.16. The highest BCUT2D eigenvalue weighted by Gasteiger charge is 2.34. The molecule has 0 aliphatic carbocycles. The van der Waals surface area contributed by atoms with E-state index in [-0.39, 0.29) is 5.54 Å². The molecule has 1 rings (SSSR count). The number of nitrogens with zero attached hydrogens (tertiary/aromatic N) is 1. The average Bonchev–Trinajstić information content (AvgIpc) is 2.67. The van der Waals surface area contributed by atoms with E-state index in [2.05, 4.69) is 10.9 Å². The van der Waals surface area contributed by atoms with Crippen molar-refractivity contribution in [3.8, 4) is 12.3 Å². The lowest BCUT2D eigenvalue weighted by atomic mass is 9.99. The van der Waals surface area contributed by atoms with Crippen molar-refractivity contribution in [1.82, 2.24) is 0 Å². The molecule has 0 aromatic heterocycles. The van der Waals surface area contributed by atoms with E-state index in [1.54, 1.807) is 0 Å². The normalized spacial score (nSPS) is 28.0. The summed E-state index contributed by atoms with van der Waals surface area (Å²) in [6.45, 7) is 0.699. The molecule has 2 N–H and O–H groups in total. The van der Waals surface area contributed by atoms with Crippen molar-refractivity contribution in [2.45, 2.75) is 24.8 Å². The van der Waals surface area contributed by atoms with Gasteiger partial charge in [-0.05, 0) is 19.4 Å². The first-order chi connectivity index (χ1) is 4.83. The van der Waals surface area contributed by atoms with Crippen LogP contribution in [0.2, 0.25) is 0 Å². The van der Waals surface area contributed by atoms with Gasteiger partial charge in [-0.15, -0.1) is 12.3 Å². The first-order valence-corrected chi connectivity index (χ1v) is 3.53. The van der Waals surface area contributed by atoms with Crippen molar-refractivity contribution in [3.63, 3.8) is 0 Å². The maximum atomic E-state index is 5.39. The van der Waals surface area contributed by atoms with Gasteiger partial charge in [0.25, 0.3) is 0 Å². The summed E-state index contributed by atoms with van der Waals surface area (Å²) >= 11 is 0. The molecular formula is C8H12N2. The summed E-state index contributed by atoms with van der Waals surface area (Å²) in [6.07, 6.45) is 9.81. The minimum Gasteiger partial charge on any atom is -0.330 e. The summed E-state index contributed by atoms with van der Waals surface area (Å²) in [5.41, 5.74) is 5.48. The van der Waals surface area contributed by atoms with Crippen LogP contribution in [0.5, 0.6) is 0 Å². The highest BCUT2D eigenvalue weighted by atomic mass is 15.0. The van der Waals surface area contributed by atoms with E-state index in [1.807, 2.05) is 6.21 Å². The Bertz CT molecular complexity index is 170. The molecule has 0 fully saturated rings. The quantitative estimate of drug-likeness (QED) is 0.564. The van der Waals surface area contributed by atoms with Gasteiger partial charge in [-0.25, -0.2) is 0 Å². The Labute approximate surface area is 61.5 Å². The molecule has 2 heteroatoms. The van der Waals surface area contributed by atoms with Gasteiger partial charge >= 0.3 is 0 Å². The molecule has 2 nitrogen and oxygen atoms in total. The minimum absolute atomic E-state index is 0.0844. The molecule has 10 heavy (non-hydrogen) atoms. The van der Waals surface area contributed by atoms with Crippen LogP contribution in [0.15, 0.2) is 4.99 Å². The number of aliphatic imine (C=N–C) groups is 1. The van der Waals surface area contributed by atoms with Gasteiger partial charge in [-0.1, -0.05) is 0 Å². The molecule has 0 saturated heterocycles. The Kier molecular flexibility index (Phi) is 2.08. The Morgan fingerprint density at radius 2 is 2.30 bits per heavy atom. The van der Waals surface area contributed by atoms with E-state index >= 15 is 0 Å². The molecule has 1 aliphatic heterocycles. The van der Waals surface area contributed by atoms with E-state index in [0.29, 0.717) is 6.54 Å². The molecule has 54 valence electrons. The first kappa shape index (κ1) is 7.30. The van der Waals surface area contributed by atoms with Crippen LogP contribution in [0.3, 0.4) is 0 Å². The van der Waals surface area contributed by atoms with Crippen LogP contribution in [0, 0.1) is 12.3 Å². The van der Waals surface area contributed by atoms with Gasteiger partial charge < -0.3 is 5.73 Å². The fourth-order valence-corrected chi connectivity index (χ4v) is 1.01. The second-order valence-electron chi connectivity index (χ2n) is 2.60. The van der Waals surface area contributed by atoms with Gasteiger partial charge in [-0.2, -0.15) is 0 Å². The van der Waals surface area contributed by atoms with E-state index in [9.17, 15) is 0 Å². The summed E-state index contributed by atoms with van der Waals surface area (Å²) in [7, 11) is 0. The zero-order valence-electron chi connectivity index (χ0n) is 6.01. The average molecular weight is 136 g/mol. The van der Waals surface area contributed by atoms with Crippen LogP contribution in [0.25, 0.3) is 0 Å². The van der Waals surface area contributed by atoms with Crippen LogP contribution in [0.1, 0.15) is 19.3 Å². The predicted molar refractivity (Wildman–Crippen MR) is 43.0 cm³/mol. The maximum absolute atomic E-state index is 5.39. The SMILES string of the molecule is C#CCCC1(CCN)C=N1. The van der Waals surface area contributed by atoms with Gasteiger partial charge in [0.15, 0.2) is 0 Å². The van der Waals surface area contributed by atoms with Crippen molar-refractivity contribution in [1.29, 1.82) is 0 Å². The van der Waals surface area contributed by atoms with E-state index in [0.717, 1.165) is 19.3 Å². The minimum atomic E-state index is 0.0844. The van der Waals surface area contributed by atoms with Gasteiger partial charge in [0, 0.05) is 12.6 Å². The number of terminal acetylenes is 1.